The second-order valence-corrected chi connectivity index (χ2v) is 6.75. The Morgan fingerprint density at radius 2 is 1.74 bits per heavy atom. The molecule has 0 saturated carbocycles. The van der Waals surface area contributed by atoms with Gasteiger partial charge in [0.2, 0.25) is 0 Å². The molecule has 0 fully saturated rings. The molecule has 2 aromatic carbocycles. The van der Waals surface area contributed by atoms with E-state index in [1.807, 2.05) is 37.3 Å². The topological polar surface area (TPSA) is 39.6 Å². The molecule has 110 valence electrons. The van der Waals surface area contributed by atoms with Crippen LogP contribution in [0.2, 0.25) is 0 Å². The number of hydrogen-bond donors (Lipinski definition) is 1. The molecule has 1 N–H and O–H groups in total. The lowest BCUT2D eigenvalue weighted by atomic mass is 9.98. The maximum Gasteiger partial charge on any atom is 0.112 e. The van der Waals surface area contributed by atoms with Gasteiger partial charge in [0.1, 0.15) is 10.9 Å². The van der Waals surface area contributed by atoms with E-state index in [9.17, 15) is 5.26 Å². The maximum absolute atomic E-state index is 9.51. The fraction of sp³-hybridized carbons (Fsp3) is 0.0500. The van der Waals surface area contributed by atoms with Gasteiger partial charge in [-0.05, 0) is 24.6 Å². The summed E-state index contributed by atoms with van der Waals surface area (Å²) in [6, 6.07) is 23.0. The molecule has 23 heavy (non-hydrogen) atoms. The van der Waals surface area contributed by atoms with Crippen molar-refractivity contribution in [1.82, 2.24) is 4.98 Å². The maximum atomic E-state index is 9.51. The minimum absolute atomic E-state index is 0.768. The number of nitrogens with one attached hydrogen (secondary N) is 1. The molecule has 0 aliphatic carbocycles. The number of aromatic nitrogens is 1. The quantitative estimate of drug-likeness (QED) is 0.503. The van der Waals surface area contributed by atoms with Gasteiger partial charge in [-0.3, -0.25) is 0 Å². The predicted molar refractivity (Wildman–Crippen MR) is 96.5 cm³/mol. The average Bonchev–Trinajstić information content (AvgIpc) is 3.15. The summed E-state index contributed by atoms with van der Waals surface area (Å²) >= 11 is 1.55. The highest BCUT2D eigenvalue weighted by Crippen LogP contribution is 2.41. The van der Waals surface area contributed by atoms with Crippen LogP contribution in [0.5, 0.6) is 0 Å². The van der Waals surface area contributed by atoms with Crippen LogP contribution < -0.4 is 0 Å². The summed E-state index contributed by atoms with van der Waals surface area (Å²) in [5.41, 5.74) is 5.43. The Balaban J connectivity index is 2.10. The van der Waals surface area contributed by atoms with Crippen molar-refractivity contribution < 1.29 is 0 Å². The molecule has 2 nitrogen and oxygen atoms in total. The van der Waals surface area contributed by atoms with Crippen molar-refractivity contribution in [1.29, 1.82) is 5.26 Å². The number of thiophene rings is 1. The van der Waals surface area contributed by atoms with Crippen LogP contribution in [0.3, 0.4) is 0 Å². The molecular weight excluding hydrogens is 300 g/mol. The zero-order valence-electron chi connectivity index (χ0n) is 12.6. The summed E-state index contributed by atoms with van der Waals surface area (Å²) in [4.78, 5) is 5.46. The number of fused-ring (bicyclic) bond motifs is 1. The van der Waals surface area contributed by atoms with Gasteiger partial charge in [-0.15, -0.1) is 11.3 Å². The molecule has 0 bridgehead atoms. The van der Waals surface area contributed by atoms with Gasteiger partial charge in [0.25, 0.3) is 0 Å². The lowest BCUT2D eigenvalue weighted by molar-refractivity contribution is 1.45. The number of nitriles is 1. The van der Waals surface area contributed by atoms with Crippen LogP contribution in [0, 0.1) is 18.3 Å². The predicted octanol–water partition coefficient (Wildman–Crippen LogP) is 5.74. The highest BCUT2D eigenvalue weighted by atomic mass is 32.1. The third-order valence-electron chi connectivity index (χ3n) is 3.99. The molecule has 3 heteroatoms. The van der Waals surface area contributed by atoms with Crippen molar-refractivity contribution in [2.75, 3.05) is 0 Å². The molecule has 0 atom stereocenters. The molecule has 4 rings (SSSR count). The fourth-order valence-corrected chi connectivity index (χ4v) is 3.84. The standard InChI is InChI=1S/C20H14N2S/c1-13-11-16(18(12-21)23-13)19-15-9-5-6-10-17(15)22-20(19)14-7-3-2-4-8-14/h2-11,22H,1H3. The molecule has 0 saturated heterocycles. The van der Waals surface area contributed by atoms with Gasteiger partial charge in [0.05, 0.1) is 5.69 Å². The smallest absolute Gasteiger partial charge is 0.112 e. The number of para-hydroxylation sites is 1. The molecule has 0 unspecified atom stereocenters. The summed E-state index contributed by atoms with van der Waals surface area (Å²) < 4.78 is 0. The van der Waals surface area contributed by atoms with Gasteiger partial charge in [-0.25, -0.2) is 0 Å². The van der Waals surface area contributed by atoms with Gasteiger partial charge in [-0.1, -0.05) is 48.5 Å². The third-order valence-corrected chi connectivity index (χ3v) is 4.95. The Morgan fingerprint density at radius 1 is 1.00 bits per heavy atom. The Morgan fingerprint density at radius 3 is 2.52 bits per heavy atom. The first kappa shape index (κ1) is 13.8. The van der Waals surface area contributed by atoms with E-state index in [4.69, 9.17) is 0 Å². The van der Waals surface area contributed by atoms with Crippen LogP contribution in [0.25, 0.3) is 33.3 Å². The monoisotopic (exact) mass is 314 g/mol. The summed E-state index contributed by atoms with van der Waals surface area (Å²) in [6.07, 6.45) is 0. The Labute approximate surface area is 138 Å². The van der Waals surface area contributed by atoms with E-state index in [1.165, 1.54) is 0 Å². The molecule has 2 heterocycles. The van der Waals surface area contributed by atoms with E-state index in [-0.39, 0.29) is 0 Å². The van der Waals surface area contributed by atoms with Crippen LogP contribution >= 0.6 is 11.3 Å². The molecule has 4 aromatic rings. The Hall–Kier alpha value is -2.83. The molecule has 0 aliphatic heterocycles. The van der Waals surface area contributed by atoms with Crippen LogP contribution in [-0.2, 0) is 0 Å². The van der Waals surface area contributed by atoms with Crippen molar-refractivity contribution in [3.8, 4) is 28.5 Å². The number of rotatable bonds is 2. The van der Waals surface area contributed by atoms with Gasteiger partial charge >= 0.3 is 0 Å². The van der Waals surface area contributed by atoms with Gasteiger partial charge in [0, 0.05) is 26.9 Å². The second-order valence-electron chi connectivity index (χ2n) is 5.50. The zero-order chi connectivity index (χ0) is 15.8. The average molecular weight is 314 g/mol. The van der Waals surface area contributed by atoms with Crippen LogP contribution in [0.1, 0.15) is 9.75 Å². The normalized spacial score (nSPS) is 10.8. The Bertz CT molecular complexity index is 1030. The van der Waals surface area contributed by atoms with Gasteiger partial charge in [-0.2, -0.15) is 5.26 Å². The largest absolute Gasteiger partial charge is 0.354 e. The number of nitrogens with zero attached hydrogens (tertiary/aromatic N) is 1. The first-order valence-electron chi connectivity index (χ1n) is 7.45. The first-order valence-corrected chi connectivity index (χ1v) is 8.26. The van der Waals surface area contributed by atoms with Crippen molar-refractivity contribution in [3.05, 3.63) is 70.4 Å². The van der Waals surface area contributed by atoms with E-state index in [1.54, 1.807) is 11.3 Å². The van der Waals surface area contributed by atoms with Gasteiger partial charge in [0.15, 0.2) is 0 Å². The molecule has 2 aromatic heterocycles. The van der Waals surface area contributed by atoms with E-state index < -0.39 is 0 Å². The number of hydrogen-bond acceptors (Lipinski definition) is 2. The van der Waals surface area contributed by atoms with Crippen molar-refractivity contribution >= 4 is 22.2 Å². The zero-order valence-corrected chi connectivity index (χ0v) is 13.4. The summed E-state index contributed by atoms with van der Waals surface area (Å²) in [5, 5.41) is 10.7. The van der Waals surface area contributed by atoms with E-state index in [0.717, 1.165) is 43.0 Å². The molecule has 0 radical (unpaired) electrons. The van der Waals surface area contributed by atoms with E-state index in [2.05, 4.69) is 41.4 Å². The minimum atomic E-state index is 0.768. The van der Waals surface area contributed by atoms with E-state index in [0.29, 0.717) is 0 Å². The third kappa shape index (κ3) is 2.25. The van der Waals surface area contributed by atoms with Crippen molar-refractivity contribution in [3.63, 3.8) is 0 Å². The molecular formula is C20H14N2S. The highest BCUT2D eigenvalue weighted by Gasteiger charge is 2.19. The molecule has 0 amide bonds. The lowest BCUT2D eigenvalue weighted by Gasteiger charge is -2.04. The fourth-order valence-electron chi connectivity index (χ4n) is 3.03. The lowest BCUT2D eigenvalue weighted by Crippen LogP contribution is -1.83. The highest BCUT2D eigenvalue weighted by molar-refractivity contribution is 7.13. The van der Waals surface area contributed by atoms with Crippen LogP contribution in [0.4, 0.5) is 0 Å². The van der Waals surface area contributed by atoms with Gasteiger partial charge < -0.3 is 4.98 Å². The number of aromatic amines is 1. The van der Waals surface area contributed by atoms with E-state index >= 15 is 0 Å². The SMILES string of the molecule is Cc1cc(-c2c(-c3ccccc3)[nH]c3ccccc23)c(C#N)s1. The number of aryl methyl sites for hydroxylation is 1. The van der Waals surface area contributed by atoms with Crippen molar-refractivity contribution in [2.45, 2.75) is 6.92 Å². The molecule has 0 spiro atoms. The first-order chi connectivity index (χ1) is 11.3. The van der Waals surface area contributed by atoms with Crippen molar-refractivity contribution in [2.24, 2.45) is 0 Å². The minimum Gasteiger partial charge on any atom is -0.354 e. The molecule has 0 aliphatic rings. The summed E-state index contributed by atoms with van der Waals surface area (Å²) in [6.45, 7) is 2.05. The summed E-state index contributed by atoms with van der Waals surface area (Å²) in [5.74, 6) is 0. The van der Waals surface area contributed by atoms with Crippen LogP contribution in [-0.4, -0.2) is 4.98 Å². The Kier molecular flexibility index (Phi) is 3.25. The summed E-state index contributed by atoms with van der Waals surface area (Å²) in [7, 11) is 0. The second kappa shape index (κ2) is 5.42. The number of H-pyrrole nitrogens is 1. The number of benzene rings is 2. The van der Waals surface area contributed by atoms with Crippen LogP contribution in [0.15, 0.2) is 60.7 Å².